The van der Waals surface area contributed by atoms with Crippen LogP contribution in [0.4, 0.5) is 11.4 Å². The smallest absolute Gasteiger partial charge is 0.291 e. The summed E-state index contributed by atoms with van der Waals surface area (Å²) in [4.78, 5) is 25.1. The number of sulfonamides is 1. The average molecular weight is 511 g/mol. The molecule has 0 saturated heterocycles. The van der Waals surface area contributed by atoms with E-state index in [9.17, 15) is 18.0 Å². The third kappa shape index (κ3) is 4.36. The number of nitrogens with one attached hydrogen (secondary N) is 1. The lowest BCUT2D eigenvalue weighted by Crippen LogP contribution is -2.42. The van der Waals surface area contributed by atoms with Gasteiger partial charge in [-0.25, -0.2) is 8.42 Å². The fourth-order valence-electron chi connectivity index (χ4n) is 3.85. The number of hydrogen-bond acceptors (Lipinski definition) is 6. The van der Waals surface area contributed by atoms with Gasteiger partial charge < -0.3 is 14.5 Å². The number of halogens is 1. The Morgan fingerprint density at radius 3 is 2.57 bits per heavy atom. The van der Waals surface area contributed by atoms with Gasteiger partial charge in [0.2, 0.25) is 0 Å². The summed E-state index contributed by atoms with van der Waals surface area (Å²) in [6.07, 6.45) is -0.314. The minimum atomic E-state index is -3.87. The second-order valence-corrected chi connectivity index (χ2v) is 10.3. The van der Waals surface area contributed by atoms with Crippen molar-refractivity contribution >= 4 is 49.9 Å². The first-order chi connectivity index (χ1) is 16.7. The fraction of sp³-hybridized carbons (Fsp3) is 0.120. The van der Waals surface area contributed by atoms with Crippen LogP contribution in [-0.4, -0.2) is 27.0 Å². The number of benzene rings is 3. The Balaban J connectivity index is 1.39. The number of amides is 1. The summed E-state index contributed by atoms with van der Waals surface area (Å²) in [6, 6.07) is 18.3. The number of fused-ring (bicyclic) bond motifs is 2. The lowest BCUT2D eigenvalue weighted by molar-refractivity contribution is 0.0997. The van der Waals surface area contributed by atoms with Gasteiger partial charge in [0.15, 0.2) is 11.2 Å². The Kier molecular flexibility index (Phi) is 5.74. The van der Waals surface area contributed by atoms with E-state index in [4.69, 9.17) is 20.8 Å². The van der Waals surface area contributed by atoms with E-state index in [1.54, 1.807) is 37.3 Å². The summed E-state index contributed by atoms with van der Waals surface area (Å²) >= 11 is 5.91. The van der Waals surface area contributed by atoms with Crippen molar-refractivity contribution < 1.29 is 22.4 Å². The van der Waals surface area contributed by atoms with Crippen LogP contribution >= 0.6 is 11.6 Å². The standard InChI is InChI=1S/C25H19ClN2O6S/c1-15-14-28(20-4-2-3-5-23(20)33-15)35(31,32)18-9-7-17(8-10-18)27-25(30)24-13-21(29)19-12-16(26)6-11-22(19)34-24/h2-13,15H,14H2,1H3,(H,27,30)/t15-/m0/s1. The topological polar surface area (TPSA) is 106 Å². The largest absolute Gasteiger partial charge is 0.487 e. The van der Waals surface area contributed by atoms with Crippen LogP contribution in [0.1, 0.15) is 17.5 Å². The Labute approximate surface area is 205 Å². The van der Waals surface area contributed by atoms with Crippen LogP contribution in [-0.2, 0) is 10.0 Å². The van der Waals surface area contributed by atoms with E-state index in [2.05, 4.69) is 5.32 Å². The zero-order valence-electron chi connectivity index (χ0n) is 18.4. The van der Waals surface area contributed by atoms with E-state index in [0.717, 1.165) is 6.07 Å². The number of carbonyl (C=O) groups excluding carboxylic acids is 1. The SMILES string of the molecule is C[C@H]1CN(S(=O)(=O)c2ccc(NC(=O)c3cc(=O)c4cc(Cl)ccc4o3)cc2)c2ccccc2O1. The summed E-state index contributed by atoms with van der Waals surface area (Å²) < 4.78 is 39.3. The molecule has 1 amide bonds. The maximum Gasteiger partial charge on any atom is 0.291 e. The third-order valence-corrected chi connectivity index (χ3v) is 7.53. The predicted molar refractivity (Wildman–Crippen MR) is 133 cm³/mol. The van der Waals surface area contributed by atoms with E-state index < -0.39 is 21.4 Å². The summed E-state index contributed by atoms with van der Waals surface area (Å²) in [5.41, 5.74) is 0.632. The van der Waals surface area contributed by atoms with Gasteiger partial charge in [-0.2, -0.15) is 0 Å². The van der Waals surface area contributed by atoms with Gasteiger partial charge >= 0.3 is 0 Å². The second kappa shape index (κ2) is 8.75. The zero-order chi connectivity index (χ0) is 24.7. The van der Waals surface area contributed by atoms with Crippen molar-refractivity contribution in [2.24, 2.45) is 0 Å². The molecule has 3 aromatic carbocycles. The maximum absolute atomic E-state index is 13.4. The van der Waals surface area contributed by atoms with E-state index >= 15 is 0 Å². The van der Waals surface area contributed by atoms with Crippen molar-refractivity contribution in [3.8, 4) is 5.75 Å². The lowest BCUT2D eigenvalue weighted by Gasteiger charge is -2.34. The van der Waals surface area contributed by atoms with Crippen LogP contribution < -0.4 is 19.8 Å². The first kappa shape index (κ1) is 22.9. The number of ether oxygens (including phenoxy) is 1. The molecule has 4 aromatic rings. The summed E-state index contributed by atoms with van der Waals surface area (Å²) in [6.45, 7) is 1.97. The van der Waals surface area contributed by atoms with E-state index in [1.165, 1.54) is 40.7 Å². The third-order valence-electron chi connectivity index (χ3n) is 5.50. The quantitative estimate of drug-likeness (QED) is 0.427. The van der Waals surface area contributed by atoms with Gasteiger partial charge in [-0.15, -0.1) is 0 Å². The van der Waals surface area contributed by atoms with Gasteiger partial charge in [-0.3, -0.25) is 13.9 Å². The first-order valence-corrected chi connectivity index (χ1v) is 12.5. The van der Waals surface area contributed by atoms with Crippen LogP contribution in [0.25, 0.3) is 11.0 Å². The molecule has 0 fully saturated rings. The molecular weight excluding hydrogens is 492 g/mol. The molecule has 0 aliphatic carbocycles. The molecule has 0 spiro atoms. The molecule has 0 saturated carbocycles. The Bertz CT molecular complexity index is 1620. The highest BCUT2D eigenvalue weighted by Gasteiger charge is 2.32. The van der Waals surface area contributed by atoms with Crippen LogP contribution in [0.15, 0.2) is 86.9 Å². The summed E-state index contributed by atoms with van der Waals surface area (Å²) in [7, 11) is -3.87. The molecule has 8 nitrogen and oxygen atoms in total. The van der Waals surface area contributed by atoms with Crippen molar-refractivity contribution in [1.29, 1.82) is 0 Å². The molecule has 1 aliphatic rings. The second-order valence-electron chi connectivity index (χ2n) is 8.03. The number of rotatable bonds is 4. The molecule has 35 heavy (non-hydrogen) atoms. The van der Waals surface area contributed by atoms with Crippen LogP contribution in [0.2, 0.25) is 5.02 Å². The molecule has 0 unspecified atom stereocenters. The van der Waals surface area contributed by atoms with Crippen molar-refractivity contribution in [2.75, 3.05) is 16.2 Å². The summed E-state index contributed by atoms with van der Waals surface area (Å²) in [5.74, 6) is -0.330. The average Bonchev–Trinajstić information content (AvgIpc) is 2.84. The Hall–Kier alpha value is -3.82. The van der Waals surface area contributed by atoms with E-state index in [1.807, 2.05) is 0 Å². The zero-order valence-corrected chi connectivity index (χ0v) is 20.0. The van der Waals surface area contributed by atoms with Gasteiger partial charge in [0.1, 0.15) is 17.4 Å². The van der Waals surface area contributed by atoms with Crippen LogP contribution in [0, 0.1) is 0 Å². The molecule has 1 N–H and O–H groups in total. The minimum absolute atomic E-state index is 0.0634. The number of hydrogen-bond donors (Lipinski definition) is 1. The molecule has 10 heteroatoms. The van der Waals surface area contributed by atoms with Gasteiger partial charge in [0.25, 0.3) is 15.9 Å². The normalized spacial score (nSPS) is 15.4. The number of para-hydroxylation sites is 2. The summed E-state index contributed by atoms with van der Waals surface area (Å²) in [5, 5.41) is 3.26. The molecule has 1 aromatic heterocycles. The highest BCUT2D eigenvalue weighted by molar-refractivity contribution is 7.92. The predicted octanol–water partition coefficient (Wildman–Crippen LogP) is 4.67. The molecule has 0 radical (unpaired) electrons. The maximum atomic E-state index is 13.4. The highest BCUT2D eigenvalue weighted by Crippen LogP contribution is 2.36. The van der Waals surface area contributed by atoms with E-state index in [-0.39, 0.29) is 34.3 Å². The van der Waals surface area contributed by atoms with Crippen LogP contribution in [0.5, 0.6) is 5.75 Å². The van der Waals surface area contributed by atoms with Crippen molar-refractivity contribution in [1.82, 2.24) is 0 Å². The van der Waals surface area contributed by atoms with E-state index in [0.29, 0.717) is 22.1 Å². The van der Waals surface area contributed by atoms with Crippen LogP contribution in [0.3, 0.4) is 0 Å². The molecule has 1 atom stereocenters. The molecule has 5 rings (SSSR count). The number of anilines is 2. The van der Waals surface area contributed by atoms with Gasteiger partial charge in [0, 0.05) is 16.8 Å². The highest BCUT2D eigenvalue weighted by atomic mass is 35.5. The Morgan fingerprint density at radius 2 is 1.80 bits per heavy atom. The first-order valence-electron chi connectivity index (χ1n) is 10.7. The number of carbonyl (C=O) groups is 1. The van der Waals surface area contributed by atoms with Gasteiger partial charge in [0.05, 0.1) is 22.5 Å². The van der Waals surface area contributed by atoms with Crippen molar-refractivity contribution in [3.05, 3.63) is 93.8 Å². The molecular formula is C25H19ClN2O6S. The van der Waals surface area contributed by atoms with Crippen molar-refractivity contribution in [2.45, 2.75) is 17.9 Å². The van der Waals surface area contributed by atoms with Gasteiger partial charge in [-0.05, 0) is 61.5 Å². The Morgan fingerprint density at radius 1 is 1.06 bits per heavy atom. The monoisotopic (exact) mass is 510 g/mol. The van der Waals surface area contributed by atoms with Crippen molar-refractivity contribution in [3.63, 3.8) is 0 Å². The molecule has 178 valence electrons. The lowest BCUT2D eigenvalue weighted by atomic mass is 10.2. The molecule has 1 aliphatic heterocycles. The van der Waals surface area contributed by atoms with Gasteiger partial charge in [-0.1, -0.05) is 23.7 Å². The number of nitrogens with zero attached hydrogens (tertiary/aromatic N) is 1. The molecule has 0 bridgehead atoms. The molecule has 2 heterocycles. The minimum Gasteiger partial charge on any atom is -0.487 e. The fourth-order valence-corrected chi connectivity index (χ4v) is 5.57.